The predicted molar refractivity (Wildman–Crippen MR) is 112 cm³/mol. The average Bonchev–Trinajstić information content (AvgIpc) is 2.64. The summed E-state index contributed by atoms with van der Waals surface area (Å²) in [5.41, 5.74) is -1.39. The fourth-order valence-corrected chi connectivity index (χ4v) is 4.50. The lowest BCUT2D eigenvalue weighted by atomic mass is 10.1. The molecule has 2 aromatic carbocycles. The highest BCUT2D eigenvalue weighted by molar-refractivity contribution is 7.93. The van der Waals surface area contributed by atoms with Crippen molar-refractivity contribution in [1.29, 1.82) is 0 Å². The summed E-state index contributed by atoms with van der Waals surface area (Å²) in [5.74, 6) is -0.654. The van der Waals surface area contributed by atoms with Crippen LogP contribution in [-0.2, 0) is 21.0 Å². The Morgan fingerprint density at radius 2 is 1.74 bits per heavy atom. The molecule has 0 heterocycles. The number of aryl methyl sites for hydroxylation is 1. The Hall–Kier alpha value is -2.75. The molecule has 0 aliphatic rings. The van der Waals surface area contributed by atoms with Crippen LogP contribution in [0.1, 0.15) is 31.9 Å². The SMILES string of the molecule is COc1ccc(C)cc1S(=O)(=O)N(CC(=O)NC(C)(C)C)c1cccc(C(F)(F)F)c1. The van der Waals surface area contributed by atoms with Gasteiger partial charge in [0.25, 0.3) is 10.0 Å². The molecule has 0 radical (unpaired) electrons. The lowest BCUT2D eigenvalue weighted by Gasteiger charge is -2.28. The van der Waals surface area contributed by atoms with Crippen LogP contribution in [-0.4, -0.2) is 33.5 Å². The highest BCUT2D eigenvalue weighted by atomic mass is 32.2. The fraction of sp³-hybridized carbons (Fsp3) is 0.381. The Morgan fingerprint density at radius 3 is 2.29 bits per heavy atom. The summed E-state index contributed by atoms with van der Waals surface area (Å²) in [7, 11) is -3.17. The van der Waals surface area contributed by atoms with Gasteiger partial charge in [-0.25, -0.2) is 8.42 Å². The van der Waals surface area contributed by atoms with E-state index in [9.17, 15) is 26.4 Å². The first kappa shape index (κ1) is 24.5. The number of anilines is 1. The summed E-state index contributed by atoms with van der Waals surface area (Å²) in [5, 5.41) is 2.63. The van der Waals surface area contributed by atoms with Gasteiger partial charge in [-0.2, -0.15) is 13.2 Å². The second-order valence-corrected chi connectivity index (χ2v) is 9.84. The van der Waals surface area contributed by atoms with Crippen LogP contribution in [0.2, 0.25) is 0 Å². The molecule has 0 unspecified atom stereocenters. The van der Waals surface area contributed by atoms with E-state index in [4.69, 9.17) is 4.74 Å². The quantitative estimate of drug-likeness (QED) is 0.706. The highest BCUT2D eigenvalue weighted by Crippen LogP contribution is 2.35. The smallest absolute Gasteiger partial charge is 0.416 e. The summed E-state index contributed by atoms with van der Waals surface area (Å²) in [6.45, 7) is 6.07. The predicted octanol–water partition coefficient (Wildman–Crippen LogP) is 4.13. The van der Waals surface area contributed by atoms with Gasteiger partial charge >= 0.3 is 6.18 Å². The number of alkyl halides is 3. The third-order valence-corrected chi connectivity index (χ3v) is 5.95. The Bertz CT molecular complexity index is 1060. The normalized spacial score (nSPS) is 12.4. The maximum atomic E-state index is 13.5. The standard InChI is InChI=1S/C21H25F3N2O4S/c1-14-9-10-17(30-5)18(11-14)31(28,29)26(13-19(27)25-20(2,3)4)16-8-6-7-15(12-16)21(22,23)24/h6-12H,13H2,1-5H3,(H,25,27). The topological polar surface area (TPSA) is 75.7 Å². The molecule has 0 saturated carbocycles. The molecule has 6 nitrogen and oxygen atoms in total. The van der Waals surface area contributed by atoms with Crippen molar-refractivity contribution in [3.8, 4) is 5.75 Å². The van der Waals surface area contributed by atoms with Crippen LogP contribution < -0.4 is 14.4 Å². The Balaban J connectivity index is 2.65. The van der Waals surface area contributed by atoms with Crippen molar-refractivity contribution < 1.29 is 31.1 Å². The van der Waals surface area contributed by atoms with E-state index in [1.165, 1.54) is 25.3 Å². The third-order valence-electron chi connectivity index (χ3n) is 4.15. The van der Waals surface area contributed by atoms with Gasteiger partial charge in [-0.15, -0.1) is 0 Å². The van der Waals surface area contributed by atoms with E-state index in [2.05, 4.69) is 5.32 Å². The van der Waals surface area contributed by atoms with Crippen LogP contribution in [0.15, 0.2) is 47.4 Å². The van der Waals surface area contributed by atoms with E-state index < -0.39 is 39.8 Å². The molecular weight excluding hydrogens is 433 g/mol. The van der Waals surface area contributed by atoms with Gasteiger partial charge in [-0.05, 0) is 63.6 Å². The van der Waals surface area contributed by atoms with E-state index in [0.29, 0.717) is 15.9 Å². The van der Waals surface area contributed by atoms with Crippen molar-refractivity contribution >= 4 is 21.6 Å². The molecule has 0 fully saturated rings. The number of nitrogens with zero attached hydrogens (tertiary/aromatic N) is 1. The molecule has 0 saturated heterocycles. The van der Waals surface area contributed by atoms with Crippen LogP contribution in [0.25, 0.3) is 0 Å². The van der Waals surface area contributed by atoms with Crippen molar-refractivity contribution in [3.05, 3.63) is 53.6 Å². The Kier molecular flexibility index (Phi) is 6.94. The number of benzene rings is 2. The van der Waals surface area contributed by atoms with E-state index >= 15 is 0 Å². The molecule has 31 heavy (non-hydrogen) atoms. The van der Waals surface area contributed by atoms with Crippen LogP contribution >= 0.6 is 0 Å². The first-order valence-corrected chi connectivity index (χ1v) is 10.7. The molecular formula is C21H25F3N2O4S. The van der Waals surface area contributed by atoms with Crippen molar-refractivity contribution in [2.45, 2.75) is 44.3 Å². The van der Waals surface area contributed by atoms with Gasteiger partial charge in [0.15, 0.2) is 0 Å². The van der Waals surface area contributed by atoms with Gasteiger partial charge in [0, 0.05) is 5.54 Å². The zero-order valence-corrected chi connectivity index (χ0v) is 18.7. The van der Waals surface area contributed by atoms with E-state index in [1.807, 2.05) is 0 Å². The lowest BCUT2D eigenvalue weighted by Crippen LogP contribution is -2.47. The highest BCUT2D eigenvalue weighted by Gasteiger charge is 2.34. The molecule has 0 spiro atoms. The zero-order chi connectivity index (χ0) is 23.6. The molecule has 0 aliphatic carbocycles. The van der Waals surface area contributed by atoms with Crippen molar-refractivity contribution in [1.82, 2.24) is 5.32 Å². The number of halogens is 3. The molecule has 2 aromatic rings. The summed E-state index contributed by atoms with van der Waals surface area (Å²) in [6, 6.07) is 8.26. The number of amides is 1. The van der Waals surface area contributed by atoms with Gasteiger partial charge in [0.05, 0.1) is 18.4 Å². The molecule has 1 amide bonds. The van der Waals surface area contributed by atoms with Gasteiger partial charge in [-0.3, -0.25) is 9.10 Å². The monoisotopic (exact) mass is 458 g/mol. The molecule has 0 aromatic heterocycles. The average molecular weight is 459 g/mol. The number of nitrogens with one attached hydrogen (secondary N) is 1. The van der Waals surface area contributed by atoms with Crippen LogP contribution in [0.5, 0.6) is 5.75 Å². The molecule has 0 atom stereocenters. The fourth-order valence-electron chi connectivity index (χ4n) is 2.84. The maximum Gasteiger partial charge on any atom is 0.416 e. The zero-order valence-electron chi connectivity index (χ0n) is 17.9. The molecule has 0 bridgehead atoms. The summed E-state index contributed by atoms with van der Waals surface area (Å²) in [4.78, 5) is 12.3. The third kappa shape index (κ3) is 6.13. The number of hydrogen-bond acceptors (Lipinski definition) is 4. The minimum Gasteiger partial charge on any atom is -0.495 e. The lowest BCUT2D eigenvalue weighted by molar-refractivity contribution is -0.137. The van der Waals surface area contributed by atoms with E-state index in [0.717, 1.165) is 12.1 Å². The molecule has 170 valence electrons. The number of sulfonamides is 1. The Labute approximate surface area is 180 Å². The largest absolute Gasteiger partial charge is 0.495 e. The first-order valence-electron chi connectivity index (χ1n) is 9.31. The summed E-state index contributed by atoms with van der Waals surface area (Å²) < 4.78 is 72.5. The molecule has 0 aliphatic heterocycles. The second kappa shape index (κ2) is 8.78. The number of rotatable bonds is 6. The van der Waals surface area contributed by atoms with E-state index in [1.54, 1.807) is 33.8 Å². The minimum absolute atomic E-state index is 0.0128. The number of ether oxygens (including phenoxy) is 1. The van der Waals surface area contributed by atoms with Gasteiger partial charge < -0.3 is 10.1 Å². The number of methoxy groups -OCH3 is 1. The number of carbonyl (C=O) groups excluding carboxylic acids is 1. The molecule has 2 rings (SSSR count). The second-order valence-electron chi connectivity index (χ2n) is 8.01. The van der Waals surface area contributed by atoms with Crippen LogP contribution in [0, 0.1) is 6.92 Å². The minimum atomic E-state index is -4.68. The van der Waals surface area contributed by atoms with Crippen molar-refractivity contribution in [2.24, 2.45) is 0 Å². The van der Waals surface area contributed by atoms with Gasteiger partial charge in [0.2, 0.25) is 5.91 Å². The van der Waals surface area contributed by atoms with Gasteiger partial charge in [-0.1, -0.05) is 12.1 Å². The number of carbonyl (C=O) groups is 1. The Morgan fingerprint density at radius 1 is 1.10 bits per heavy atom. The summed E-state index contributed by atoms with van der Waals surface area (Å²) in [6.07, 6.45) is -4.68. The number of hydrogen-bond donors (Lipinski definition) is 1. The summed E-state index contributed by atoms with van der Waals surface area (Å²) >= 11 is 0. The maximum absolute atomic E-state index is 13.5. The van der Waals surface area contributed by atoms with Crippen LogP contribution in [0.4, 0.5) is 18.9 Å². The van der Waals surface area contributed by atoms with Crippen molar-refractivity contribution in [2.75, 3.05) is 18.0 Å². The molecule has 10 heteroatoms. The van der Waals surface area contributed by atoms with Crippen molar-refractivity contribution in [3.63, 3.8) is 0 Å². The van der Waals surface area contributed by atoms with E-state index in [-0.39, 0.29) is 16.3 Å². The van der Waals surface area contributed by atoms with Gasteiger partial charge in [0.1, 0.15) is 17.2 Å². The first-order chi connectivity index (χ1) is 14.1. The van der Waals surface area contributed by atoms with Crippen LogP contribution in [0.3, 0.4) is 0 Å². The molecule has 1 N–H and O–H groups in total.